The highest BCUT2D eigenvalue weighted by molar-refractivity contribution is 5.95. The summed E-state index contributed by atoms with van der Waals surface area (Å²) < 4.78 is 0. The van der Waals surface area contributed by atoms with E-state index in [9.17, 15) is 20.0 Å². The number of amides is 1. The molecule has 0 aliphatic heterocycles. The van der Waals surface area contributed by atoms with E-state index in [0.717, 1.165) is 51.4 Å². The summed E-state index contributed by atoms with van der Waals surface area (Å²) in [6, 6.07) is 2.29. The third kappa shape index (κ3) is 3.93. The first-order chi connectivity index (χ1) is 18.5. The van der Waals surface area contributed by atoms with Crippen LogP contribution >= 0.6 is 0 Å². The van der Waals surface area contributed by atoms with Crippen molar-refractivity contribution in [2.45, 2.75) is 112 Å². The van der Waals surface area contributed by atoms with Crippen molar-refractivity contribution < 1.29 is 19.5 Å². The van der Waals surface area contributed by atoms with E-state index in [-0.39, 0.29) is 51.1 Å². The molecule has 0 spiro atoms. The summed E-state index contributed by atoms with van der Waals surface area (Å²) in [6.07, 6.45) is 11.5. The van der Waals surface area contributed by atoms with Crippen molar-refractivity contribution >= 4 is 11.7 Å². The smallest absolute Gasteiger partial charge is 0.243 e. The van der Waals surface area contributed by atoms with E-state index < -0.39 is 16.9 Å². The molecule has 3 saturated carbocycles. The molecule has 0 radical (unpaired) electrons. The standard InChI is InChI=1S/C34H50N2O4/c1-29(2)13-15-34(12-10-26(38)36-40-8)16-14-33(7)27(22(34)19-29)23(37)17-25-31(5)18-21(20-35)28(39)30(3,4)24(31)9-11-32(25,33)6/h17-18,22,24,27-28,39H,9-16,19H2,1-8H3,(H,36,38)/t22?,24-,27?,28?,31-,32+,33+,34+/m0/s1. The number of aliphatic hydroxyl groups excluding tert-OH is 1. The molecule has 0 aromatic heterocycles. The first-order valence-electron chi connectivity index (χ1n) is 15.4. The van der Waals surface area contributed by atoms with E-state index >= 15 is 0 Å². The second-order valence-electron chi connectivity index (χ2n) is 16.1. The maximum absolute atomic E-state index is 14.6. The van der Waals surface area contributed by atoms with Crippen molar-refractivity contribution in [3.63, 3.8) is 0 Å². The number of nitriles is 1. The van der Waals surface area contributed by atoms with E-state index in [1.807, 2.05) is 12.2 Å². The maximum Gasteiger partial charge on any atom is 0.243 e. The number of fused-ring (bicyclic) bond motifs is 7. The lowest BCUT2D eigenvalue weighted by Crippen LogP contribution is -2.65. The lowest BCUT2D eigenvalue weighted by molar-refractivity contribution is -0.174. The molecular weight excluding hydrogens is 500 g/mol. The Kier molecular flexibility index (Phi) is 6.84. The van der Waals surface area contributed by atoms with Crippen molar-refractivity contribution in [1.82, 2.24) is 5.48 Å². The molecule has 3 unspecified atom stereocenters. The minimum Gasteiger partial charge on any atom is -0.387 e. The molecule has 0 heterocycles. The number of hydroxylamine groups is 1. The van der Waals surface area contributed by atoms with Gasteiger partial charge in [0.15, 0.2) is 5.78 Å². The molecule has 0 bridgehead atoms. The molecule has 8 atom stereocenters. The Morgan fingerprint density at radius 3 is 2.42 bits per heavy atom. The number of nitrogens with one attached hydrogen (secondary N) is 1. The van der Waals surface area contributed by atoms with Crippen LogP contribution in [0.2, 0.25) is 0 Å². The average Bonchev–Trinajstić information content (AvgIpc) is 2.87. The molecular formula is C34H50N2O4. The molecule has 5 aliphatic carbocycles. The van der Waals surface area contributed by atoms with Gasteiger partial charge in [-0.3, -0.25) is 14.4 Å². The number of hydrogen-bond acceptors (Lipinski definition) is 5. The fraction of sp³-hybridized carbons (Fsp3) is 0.794. The van der Waals surface area contributed by atoms with Crippen LogP contribution in [0.4, 0.5) is 0 Å². The summed E-state index contributed by atoms with van der Waals surface area (Å²) in [5.41, 5.74) is 2.93. The van der Waals surface area contributed by atoms with Gasteiger partial charge in [-0.1, -0.05) is 60.1 Å². The van der Waals surface area contributed by atoms with Crippen molar-refractivity contribution in [3.05, 3.63) is 23.3 Å². The Morgan fingerprint density at radius 1 is 1.10 bits per heavy atom. The van der Waals surface area contributed by atoms with Gasteiger partial charge in [-0.2, -0.15) is 5.26 Å². The molecule has 5 aliphatic rings. The topological polar surface area (TPSA) is 99.4 Å². The van der Waals surface area contributed by atoms with E-state index in [2.05, 4.69) is 60.0 Å². The zero-order valence-electron chi connectivity index (χ0n) is 25.9. The van der Waals surface area contributed by atoms with Crippen LogP contribution < -0.4 is 5.48 Å². The molecule has 1 amide bonds. The predicted molar refractivity (Wildman–Crippen MR) is 154 cm³/mol. The first-order valence-corrected chi connectivity index (χ1v) is 15.4. The van der Waals surface area contributed by atoms with Crippen LogP contribution in [0.5, 0.6) is 0 Å². The van der Waals surface area contributed by atoms with Crippen molar-refractivity contribution in [2.75, 3.05) is 7.11 Å². The SMILES string of the molecule is CONC(=O)CC[C@]12CCC(C)(C)CC1C1C(=O)C=C3[C@@]4(C)C=C(C#N)C(O)C(C)(C)[C@@H]4CC[C@@]3(C)[C@]1(C)CC2. The molecule has 6 nitrogen and oxygen atoms in total. The van der Waals surface area contributed by atoms with Gasteiger partial charge in [0.1, 0.15) is 0 Å². The highest BCUT2D eigenvalue weighted by Gasteiger charge is 2.69. The fourth-order valence-electron chi connectivity index (χ4n) is 10.9. The lowest BCUT2D eigenvalue weighted by Gasteiger charge is -2.69. The zero-order valence-corrected chi connectivity index (χ0v) is 25.9. The Labute approximate surface area is 241 Å². The van der Waals surface area contributed by atoms with Gasteiger partial charge in [-0.05, 0) is 96.4 Å². The van der Waals surface area contributed by atoms with Gasteiger partial charge in [0.25, 0.3) is 0 Å². The summed E-state index contributed by atoms with van der Waals surface area (Å²) in [7, 11) is 1.47. The molecule has 40 heavy (non-hydrogen) atoms. The number of rotatable bonds is 4. The molecule has 0 aromatic carbocycles. The maximum atomic E-state index is 14.6. The highest BCUT2D eigenvalue weighted by Crippen LogP contribution is 2.75. The normalized spacial score (nSPS) is 45.0. The van der Waals surface area contributed by atoms with Crippen LogP contribution in [0.1, 0.15) is 106 Å². The molecule has 6 heteroatoms. The molecule has 0 saturated heterocycles. The summed E-state index contributed by atoms with van der Waals surface area (Å²) >= 11 is 0. The third-order valence-electron chi connectivity index (χ3n) is 13.3. The Morgan fingerprint density at radius 2 is 1.77 bits per heavy atom. The van der Waals surface area contributed by atoms with Gasteiger partial charge >= 0.3 is 0 Å². The van der Waals surface area contributed by atoms with Crippen LogP contribution in [0.3, 0.4) is 0 Å². The van der Waals surface area contributed by atoms with E-state index in [0.29, 0.717) is 12.0 Å². The van der Waals surface area contributed by atoms with E-state index in [1.165, 1.54) is 12.7 Å². The van der Waals surface area contributed by atoms with Crippen LogP contribution in [0.25, 0.3) is 0 Å². The van der Waals surface area contributed by atoms with Crippen molar-refractivity contribution in [3.8, 4) is 6.07 Å². The Bertz CT molecular complexity index is 1210. The average molecular weight is 551 g/mol. The Hall–Kier alpha value is -1.97. The number of aliphatic hydroxyl groups is 1. The quantitative estimate of drug-likeness (QED) is 0.392. The van der Waals surface area contributed by atoms with Gasteiger partial charge in [0, 0.05) is 17.8 Å². The van der Waals surface area contributed by atoms with Gasteiger partial charge < -0.3 is 5.11 Å². The van der Waals surface area contributed by atoms with Crippen molar-refractivity contribution in [1.29, 1.82) is 5.26 Å². The van der Waals surface area contributed by atoms with Gasteiger partial charge in [0.2, 0.25) is 5.91 Å². The molecule has 2 N–H and O–H groups in total. The van der Waals surface area contributed by atoms with Crippen LogP contribution in [-0.4, -0.2) is 30.0 Å². The first kappa shape index (κ1) is 29.5. The van der Waals surface area contributed by atoms with E-state index in [4.69, 9.17) is 4.84 Å². The van der Waals surface area contributed by atoms with E-state index in [1.54, 1.807) is 0 Å². The molecule has 0 aromatic rings. The molecule has 220 valence electrons. The summed E-state index contributed by atoms with van der Waals surface area (Å²) in [5.74, 6) is 0.441. The largest absolute Gasteiger partial charge is 0.387 e. The minimum absolute atomic E-state index is 0.0198. The van der Waals surface area contributed by atoms with Crippen LogP contribution in [0.15, 0.2) is 23.3 Å². The van der Waals surface area contributed by atoms with Gasteiger partial charge in [-0.15, -0.1) is 0 Å². The Balaban J connectivity index is 1.62. The predicted octanol–water partition coefficient (Wildman–Crippen LogP) is 6.46. The summed E-state index contributed by atoms with van der Waals surface area (Å²) in [6.45, 7) is 15.8. The van der Waals surface area contributed by atoms with Crippen molar-refractivity contribution in [2.24, 2.45) is 50.2 Å². The second-order valence-corrected chi connectivity index (χ2v) is 16.1. The molecule has 5 rings (SSSR count). The number of ketones is 1. The van der Waals surface area contributed by atoms with Crippen LogP contribution in [0, 0.1) is 61.6 Å². The number of nitrogens with zero attached hydrogens (tertiary/aromatic N) is 1. The fourth-order valence-corrected chi connectivity index (χ4v) is 10.9. The minimum atomic E-state index is -0.793. The third-order valence-corrected chi connectivity index (χ3v) is 13.3. The molecule has 3 fully saturated rings. The lowest BCUT2D eigenvalue weighted by atomic mass is 9.34. The monoisotopic (exact) mass is 550 g/mol. The van der Waals surface area contributed by atoms with Gasteiger partial charge in [0.05, 0.1) is 24.9 Å². The zero-order chi connectivity index (χ0) is 29.5. The second kappa shape index (κ2) is 9.27. The van der Waals surface area contributed by atoms with Crippen LogP contribution in [-0.2, 0) is 14.4 Å². The number of carbonyl (C=O) groups excluding carboxylic acids is 2. The number of allylic oxidation sites excluding steroid dienone is 3. The summed E-state index contributed by atoms with van der Waals surface area (Å²) in [4.78, 5) is 31.9. The van der Waals surface area contributed by atoms with Gasteiger partial charge in [-0.25, -0.2) is 5.48 Å². The number of hydrogen-bond donors (Lipinski definition) is 2. The number of carbonyl (C=O) groups is 2. The summed E-state index contributed by atoms with van der Waals surface area (Å²) in [5, 5.41) is 21.1. The highest BCUT2D eigenvalue weighted by atomic mass is 16.6.